The molecule has 0 spiro atoms. The van der Waals surface area contributed by atoms with Gasteiger partial charge in [0.05, 0.1) is 10.3 Å². The molecular formula is C15H21NO3S. The Labute approximate surface area is 120 Å². The smallest absolute Gasteiger partial charge is 0.201 e. The number of hydrogen-bond donors (Lipinski definition) is 1. The Balaban J connectivity index is 2.21. The van der Waals surface area contributed by atoms with Crippen molar-refractivity contribution in [1.29, 1.82) is 0 Å². The van der Waals surface area contributed by atoms with Gasteiger partial charge in [-0.3, -0.25) is 0 Å². The Morgan fingerprint density at radius 3 is 2.65 bits per heavy atom. The monoisotopic (exact) mass is 295 g/mol. The van der Waals surface area contributed by atoms with Crippen molar-refractivity contribution in [3.63, 3.8) is 0 Å². The van der Waals surface area contributed by atoms with Crippen LogP contribution in [-0.2, 0) is 9.84 Å². The largest absolute Gasteiger partial charge is 0.396 e. The van der Waals surface area contributed by atoms with Crippen LogP contribution in [0.1, 0.15) is 24.8 Å². The first-order valence-electron chi connectivity index (χ1n) is 6.91. The molecule has 1 heterocycles. The number of aryl methyl sites for hydroxylation is 1. The van der Waals surface area contributed by atoms with Crippen LogP contribution in [0.2, 0.25) is 0 Å². The molecule has 20 heavy (non-hydrogen) atoms. The summed E-state index contributed by atoms with van der Waals surface area (Å²) in [5, 5.41) is 10.3. The topological polar surface area (TPSA) is 57.6 Å². The van der Waals surface area contributed by atoms with Gasteiger partial charge in [-0.1, -0.05) is 17.7 Å². The lowest BCUT2D eigenvalue weighted by atomic mass is 10.2. The van der Waals surface area contributed by atoms with Crippen molar-refractivity contribution in [1.82, 2.24) is 4.90 Å². The van der Waals surface area contributed by atoms with Crippen molar-refractivity contribution in [2.45, 2.75) is 31.1 Å². The molecular weight excluding hydrogens is 274 g/mol. The second-order valence-corrected chi connectivity index (χ2v) is 6.93. The van der Waals surface area contributed by atoms with Gasteiger partial charge in [-0.25, -0.2) is 8.42 Å². The summed E-state index contributed by atoms with van der Waals surface area (Å²) < 4.78 is 24.7. The average molecular weight is 295 g/mol. The van der Waals surface area contributed by atoms with Crippen molar-refractivity contribution in [3.8, 4) is 0 Å². The Morgan fingerprint density at radius 2 is 2.00 bits per heavy atom. The van der Waals surface area contributed by atoms with Crippen LogP contribution in [0.5, 0.6) is 0 Å². The van der Waals surface area contributed by atoms with Crippen LogP contribution in [0.15, 0.2) is 40.3 Å². The second-order valence-electron chi connectivity index (χ2n) is 5.14. The van der Waals surface area contributed by atoms with Crippen LogP contribution in [-0.4, -0.2) is 38.1 Å². The van der Waals surface area contributed by atoms with Gasteiger partial charge in [0.2, 0.25) is 9.84 Å². The highest BCUT2D eigenvalue weighted by Gasteiger charge is 2.20. The van der Waals surface area contributed by atoms with Crippen LogP contribution < -0.4 is 0 Å². The van der Waals surface area contributed by atoms with Crippen LogP contribution in [0.4, 0.5) is 0 Å². The first-order valence-corrected chi connectivity index (χ1v) is 8.46. The molecule has 0 aliphatic carbocycles. The van der Waals surface area contributed by atoms with Crippen LogP contribution >= 0.6 is 0 Å². The quantitative estimate of drug-likeness (QED) is 0.903. The molecule has 0 atom stereocenters. The van der Waals surface area contributed by atoms with E-state index in [1.54, 1.807) is 12.1 Å². The molecule has 4 nitrogen and oxygen atoms in total. The predicted molar refractivity (Wildman–Crippen MR) is 79.0 cm³/mol. The number of rotatable bonds is 5. The first-order chi connectivity index (χ1) is 9.53. The SMILES string of the molecule is Cc1ccc(S(=O)(=O)/C=C2\CCCN2CCCO)cc1. The maximum atomic E-state index is 12.4. The Kier molecular flexibility index (Phi) is 4.83. The minimum Gasteiger partial charge on any atom is -0.396 e. The molecule has 0 radical (unpaired) electrons. The molecule has 0 unspecified atom stereocenters. The van der Waals surface area contributed by atoms with Gasteiger partial charge in [-0.15, -0.1) is 0 Å². The van der Waals surface area contributed by atoms with Crippen molar-refractivity contribution in [2.24, 2.45) is 0 Å². The van der Waals surface area contributed by atoms with Gasteiger partial charge in [0.25, 0.3) is 0 Å². The molecule has 1 aliphatic heterocycles. The van der Waals surface area contributed by atoms with E-state index in [4.69, 9.17) is 5.11 Å². The van der Waals surface area contributed by atoms with Gasteiger partial charge < -0.3 is 10.0 Å². The van der Waals surface area contributed by atoms with E-state index in [9.17, 15) is 8.42 Å². The fraction of sp³-hybridized carbons (Fsp3) is 0.467. The van der Waals surface area contributed by atoms with Crippen molar-refractivity contribution in [3.05, 3.63) is 40.9 Å². The molecule has 110 valence electrons. The molecule has 1 saturated heterocycles. The molecule has 1 aromatic rings. The molecule has 5 heteroatoms. The number of hydrogen-bond acceptors (Lipinski definition) is 4. The van der Waals surface area contributed by atoms with E-state index in [0.717, 1.165) is 30.6 Å². The Bertz CT molecular complexity index is 576. The number of likely N-dealkylation sites (tertiary alicyclic amines) is 1. The molecule has 0 amide bonds. The van der Waals surface area contributed by atoms with Gasteiger partial charge in [0, 0.05) is 25.4 Å². The molecule has 2 rings (SSSR count). The lowest BCUT2D eigenvalue weighted by Crippen LogP contribution is -2.20. The third-order valence-corrected chi connectivity index (χ3v) is 5.01. The van der Waals surface area contributed by atoms with E-state index < -0.39 is 9.84 Å². The van der Waals surface area contributed by atoms with Crippen molar-refractivity contribution in [2.75, 3.05) is 19.7 Å². The maximum absolute atomic E-state index is 12.4. The number of aliphatic hydroxyl groups is 1. The molecule has 1 aliphatic rings. The summed E-state index contributed by atoms with van der Waals surface area (Å²) in [6.45, 7) is 3.65. The number of sulfone groups is 1. The van der Waals surface area contributed by atoms with E-state index in [0.29, 0.717) is 17.9 Å². The average Bonchev–Trinajstić information content (AvgIpc) is 2.83. The zero-order valence-electron chi connectivity index (χ0n) is 11.7. The molecule has 1 N–H and O–H groups in total. The molecule has 0 aromatic heterocycles. The highest BCUT2D eigenvalue weighted by Crippen LogP contribution is 2.24. The van der Waals surface area contributed by atoms with Gasteiger partial charge in [0.1, 0.15) is 0 Å². The summed E-state index contributed by atoms with van der Waals surface area (Å²) in [5.41, 5.74) is 1.90. The summed E-state index contributed by atoms with van der Waals surface area (Å²) in [7, 11) is -3.38. The number of allylic oxidation sites excluding steroid dienone is 1. The minimum absolute atomic E-state index is 0.133. The Morgan fingerprint density at radius 1 is 1.30 bits per heavy atom. The van der Waals surface area contributed by atoms with E-state index in [1.807, 2.05) is 19.1 Å². The van der Waals surface area contributed by atoms with Crippen LogP contribution in [0, 0.1) is 6.92 Å². The van der Waals surface area contributed by atoms with E-state index in [2.05, 4.69) is 4.90 Å². The number of benzene rings is 1. The zero-order chi connectivity index (χ0) is 14.6. The molecule has 1 aromatic carbocycles. The number of aliphatic hydroxyl groups excluding tert-OH is 1. The second kappa shape index (κ2) is 6.41. The van der Waals surface area contributed by atoms with Gasteiger partial charge in [-0.2, -0.15) is 0 Å². The highest BCUT2D eigenvalue weighted by molar-refractivity contribution is 7.94. The van der Waals surface area contributed by atoms with E-state index >= 15 is 0 Å². The summed E-state index contributed by atoms with van der Waals surface area (Å²) in [4.78, 5) is 2.40. The third kappa shape index (κ3) is 3.61. The van der Waals surface area contributed by atoms with E-state index in [-0.39, 0.29) is 6.61 Å². The van der Waals surface area contributed by atoms with Gasteiger partial charge in [-0.05, 0) is 38.3 Å². The van der Waals surface area contributed by atoms with Crippen molar-refractivity contribution >= 4 is 9.84 Å². The van der Waals surface area contributed by atoms with Gasteiger partial charge in [0.15, 0.2) is 0 Å². The zero-order valence-corrected chi connectivity index (χ0v) is 12.6. The third-order valence-electron chi connectivity index (χ3n) is 3.49. The molecule has 1 fully saturated rings. The van der Waals surface area contributed by atoms with Crippen LogP contribution in [0.3, 0.4) is 0 Å². The Hall–Kier alpha value is -1.33. The molecule has 0 bridgehead atoms. The maximum Gasteiger partial charge on any atom is 0.201 e. The summed E-state index contributed by atoms with van der Waals surface area (Å²) in [5.74, 6) is 0. The van der Waals surface area contributed by atoms with Crippen LogP contribution in [0.25, 0.3) is 0 Å². The van der Waals surface area contributed by atoms with E-state index in [1.165, 1.54) is 5.41 Å². The summed E-state index contributed by atoms with van der Waals surface area (Å²) in [6.07, 6.45) is 2.43. The summed E-state index contributed by atoms with van der Waals surface area (Å²) >= 11 is 0. The lowest BCUT2D eigenvalue weighted by Gasteiger charge is -2.19. The minimum atomic E-state index is -3.38. The van der Waals surface area contributed by atoms with Crippen molar-refractivity contribution < 1.29 is 13.5 Å². The number of nitrogens with zero attached hydrogens (tertiary/aromatic N) is 1. The predicted octanol–water partition coefficient (Wildman–Crippen LogP) is 2.09. The first kappa shape index (κ1) is 15.1. The fourth-order valence-corrected chi connectivity index (χ4v) is 3.65. The highest BCUT2D eigenvalue weighted by atomic mass is 32.2. The standard InChI is InChI=1S/C15H21NO3S/c1-13-5-7-15(8-6-13)20(18,19)12-14-4-2-9-16(14)10-3-11-17/h5-8,12,17H,2-4,9-11H2,1H3/b14-12+. The van der Waals surface area contributed by atoms with Gasteiger partial charge >= 0.3 is 0 Å². The molecule has 0 saturated carbocycles. The summed E-state index contributed by atoms with van der Waals surface area (Å²) in [6, 6.07) is 6.91. The normalized spacial score (nSPS) is 17.9. The fourth-order valence-electron chi connectivity index (χ4n) is 2.38. The lowest BCUT2D eigenvalue weighted by molar-refractivity contribution is 0.261.